The largest absolute Gasteiger partial charge is 0.492 e. The van der Waals surface area contributed by atoms with Crippen LogP contribution in [0.2, 0.25) is 0 Å². The van der Waals surface area contributed by atoms with E-state index in [4.69, 9.17) is 9.47 Å². The van der Waals surface area contributed by atoms with Gasteiger partial charge in [0.1, 0.15) is 11.3 Å². The second-order valence-electron chi connectivity index (χ2n) is 6.06. The first kappa shape index (κ1) is 18.8. The Balaban J connectivity index is 1.97. The number of nitrogens with one attached hydrogen (secondary N) is 2. The fourth-order valence-electron chi connectivity index (χ4n) is 2.88. The standard InChI is InChI=1S/C19H23N5O3/c1-5-27-15-8-6-7-13-11(2)20-18(22-16(13)15)24-19-21-12(3)14(9-10-26-4)17(25)23-19/h6-8H,5,9-10H2,1-4H3,(H2,20,21,22,23,24,25). The smallest absolute Gasteiger partial charge is 0.255 e. The molecule has 0 saturated carbocycles. The number of hydrogen-bond acceptors (Lipinski definition) is 7. The molecule has 0 fully saturated rings. The Labute approximate surface area is 157 Å². The molecule has 2 heterocycles. The fraction of sp³-hybridized carbons (Fsp3) is 0.368. The number of nitrogens with zero attached hydrogens (tertiary/aromatic N) is 3. The fourth-order valence-corrected chi connectivity index (χ4v) is 2.88. The minimum absolute atomic E-state index is 0.199. The summed E-state index contributed by atoms with van der Waals surface area (Å²) >= 11 is 0. The molecule has 1 aromatic carbocycles. The van der Waals surface area contributed by atoms with Crippen LogP contribution in [0.5, 0.6) is 5.75 Å². The molecule has 142 valence electrons. The van der Waals surface area contributed by atoms with Crippen molar-refractivity contribution in [3.8, 4) is 5.75 Å². The van der Waals surface area contributed by atoms with E-state index in [1.165, 1.54) is 0 Å². The van der Waals surface area contributed by atoms with Gasteiger partial charge in [-0.1, -0.05) is 12.1 Å². The van der Waals surface area contributed by atoms with E-state index < -0.39 is 0 Å². The molecule has 0 aliphatic heterocycles. The quantitative estimate of drug-likeness (QED) is 0.660. The maximum absolute atomic E-state index is 12.3. The van der Waals surface area contributed by atoms with Gasteiger partial charge in [-0.2, -0.15) is 0 Å². The van der Waals surface area contributed by atoms with Gasteiger partial charge in [-0.3, -0.25) is 15.1 Å². The van der Waals surface area contributed by atoms with E-state index in [1.807, 2.05) is 32.0 Å². The first-order chi connectivity index (χ1) is 13.0. The highest BCUT2D eigenvalue weighted by Gasteiger charge is 2.12. The Kier molecular flexibility index (Phi) is 5.66. The van der Waals surface area contributed by atoms with Gasteiger partial charge in [-0.05, 0) is 26.8 Å². The summed E-state index contributed by atoms with van der Waals surface area (Å²) in [6.45, 7) is 6.63. The molecule has 3 rings (SSSR count). The average molecular weight is 369 g/mol. The highest BCUT2D eigenvalue weighted by atomic mass is 16.5. The summed E-state index contributed by atoms with van der Waals surface area (Å²) in [5.74, 6) is 1.33. The predicted octanol–water partition coefficient (Wildman–Crippen LogP) is 2.66. The van der Waals surface area contributed by atoms with Crippen LogP contribution in [0.25, 0.3) is 10.9 Å². The summed E-state index contributed by atoms with van der Waals surface area (Å²) in [5.41, 5.74) is 2.57. The van der Waals surface area contributed by atoms with Crippen LogP contribution in [0.1, 0.15) is 23.9 Å². The number of para-hydroxylation sites is 1. The lowest BCUT2D eigenvalue weighted by Crippen LogP contribution is -2.20. The normalized spacial score (nSPS) is 11.0. The molecule has 2 N–H and O–H groups in total. The third-order valence-corrected chi connectivity index (χ3v) is 4.19. The van der Waals surface area contributed by atoms with Crippen molar-refractivity contribution in [2.45, 2.75) is 27.2 Å². The van der Waals surface area contributed by atoms with E-state index in [0.29, 0.717) is 54.1 Å². The van der Waals surface area contributed by atoms with Crippen LogP contribution in [0.4, 0.5) is 11.9 Å². The maximum Gasteiger partial charge on any atom is 0.255 e. The average Bonchev–Trinajstić information content (AvgIpc) is 2.62. The Morgan fingerprint density at radius 3 is 2.67 bits per heavy atom. The van der Waals surface area contributed by atoms with E-state index >= 15 is 0 Å². The number of fused-ring (bicyclic) bond motifs is 1. The molecule has 0 aliphatic rings. The predicted molar refractivity (Wildman–Crippen MR) is 104 cm³/mol. The Morgan fingerprint density at radius 1 is 1.15 bits per heavy atom. The lowest BCUT2D eigenvalue weighted by Gasteiger charge is -2.11. The molecule has 0 aliphatic carbocycles. The van der Waals surface area contributed by atoms with E-state index in [9.17, 15) is 4.79 Å². The number of ether oxygens (including phenoxy) is 2. The van der Waals surface area contributed by atoms with Gasteiger partial charge in [-0.15, -0.1) is 0 Å². The molecule has 8 heteroatoms. The van der Waals surface area contributed by atoms with Gasteiger partial charge in [-0.25, -0.2) is 15.0 Å². The number of aromatic nitrogens is 4. The van der Waals surface area contributed by atoms with Crippen molar-refractivity contribution in [1.29, 1.82) is 0 Å². The van der Waals surface area contributed by atoms with Crippen LogP contribution in [-0.4, -0.2) is 40.3 Å². The number of aryl methyl sites for hydroxylation is 2. The molecular weight excluding hydrogens is 346 g/mol. The number of aromatic amines is 1. The number of H-pyrrole nitrogens is 1. The van der Waals surface area contributed by atoms with E-state index in [-0.39, 0.29) is 5.56 Å². The van der Waals surface area contributed by atoms with Crippen molar-refractivity contribution < 1.29 is 9.47 Å². The summed E-state index contributed by atoms with van der Waals surface area (Å²) in [6, 6.07) is 5.74. The van der Waals surface area contributed by atoms with Gasteiger partial charge in [0.05, 0.1) is 24.6 Å². The summed E-state index contributed by atoms with van der Waals surface area (Å²) < 4.78 is 10.7. The van der Waals surface area contributed by atoms with E-state index in [2.05, 4.69) is 25.3 Å². The van der Waals surface area contributed by atoms with Crippen LogP contribution >= 0.6 is 0 Å². The van der Waals surface area contributed by atoms with Crippen molar-refractivity contribution in [1.82, 2.24) is 19.9 Å². The second kappa shape index (κ2) is 8.13. The summed E-state index contributed by atoms with van der Waals surface area (Å²) in [4.78, 5) is 28.5. The molecule has 0 amide bonds. The number of benzene rings is 1. The molecule has 0 saturated heterocycles. The minimum atomic E-state index is -0.199. The first-order valence-electron chi connectivity index (χ1n) is 8.79. The van der Waals surface area contributed by atoms with Gasteiger partial charge in [0.2, 0.25) is 11.9 Å². The zero-order chi connectivity index (χ0) is 19.4. The van der Waals surface area contributed by atoms with Crippen LogP contribution in [0.3, 0.4) is 0 Å². The molecule has 0 spiro atoms. The zero-order valence-corrected chi connectivity index (χ0v) is 15.9. The van der Waals surface area contributed by atoms with Gasteiger partial charge in [0.25, 0.3) is 5.56 Å². The monoisotopic (exact) mass is 369 g/mol. The Hall–Kier alpha value is -3.00. The van der Waals surface area contributed by atoms with Crippen molar-refractivity contribution in [2.75, 3.05) is 25.6 Å². The summed E-state index contributed by atoms with van der Waals surface area (Å²) in [6.07, 6.45) is 0.508. The lowest BCUT2D eigenvalue weighted by atomic mass is 10.2. The van der Waals surface area contributed by atoms with Crippen LogP contribution in [0.15, 0.2) is 23.0 Å². The molecule has 3 aromatic rings. The van der Waals surface area contributed by atoms with Gasteiger partial charge >= 0.3 is 0 Å². The van der Waals surface area contributed by atoms with Crippen LogP contribution in [0, 0.1) is 13.8 Å². The number of rotatable bonds is 7. The van der Waals surface area contributed by atoms with Crippen molar-refractivity contribution in [2.24, 2.45) is 0 Å². The maximum atomic E-state index is 12.3. The SMILES string of the molecule is CCOc1cccc2c(C)nc(Nc3nc(C)c(CCOC)c(=O)[nH]3)nc12. The van der Waals surface area contributed by atoms with Crippen molar-refractivity contribution in [3.05, 3.63) is 45.5 Å². The third-order valence-electron chi connectivity index (χ3n) is 4.19. The third kappa shape index (κ3) is 4.06. The van der Waals surface area contributed by atoms with Crippen molar-refractivity contribution >= 4 is 22.8 Å². The Morgan fingerprint density at radius 2 is 1.96 bits per heavy atom. The molecule has 0 bridgehead atoms. The van der Waals surface area contributed by atoms with Gasteiger partial charge in [0, 0.05) is 24.5 Å². The summed E-state index contributed by atoms with van der Waals surface area (Å²) in [7, 11) is 1.60. The molecule has 0 radical (unpaired) electrons. The highest BCUT2D eigenvalue weighted by molar-refractivity contribution is 5.87. The van der Waals surface area contributed by atoms with E-state index in [0.717, 1.165) is 11.1 Å². The van der Waals surface area contributed by atoms with Gasteiger partial charge in [0.15, 0.2) is 0 Å². The number of hydrogen-bond donors (Lipinski definition) is 2. The number of methoxy groups -OCH3 is 1. The van der Waals surface area contributed by atoms with Crippen molar-refractivity contribution in [3.63, 3.8) is 0 Å². The highest BCUT2D eigenvalue weighted by Crippen LogP contribution is 2.27. The number of anilines is 2. The Bertz CT molecular complexity index is 1020. The zero-order valence-electron chi connectivity index (χ0n) is 15.9. The first-order valence-corrected chi connectivity index (χ1v) is 8.79. The summed E-state index contributed by atoms with van der Waals surface area (Å²) in [5, 5.41) is 3.91. The molecule has 0 atom stereocenters. The van der Waals surface area contributed by atoms with E-state index in [1.54, 1.807) is 14.0 Å². The molecule has 2 aromatic heterocycles. The molecular formula is C19H23N5O3. The minimum Gasteiger partial charge on any atom is -0.492 e. The molecule has 27 heavy (non-hydrogen) atoms. The lowest BCUT2D eigenvalue weighted by molar-refractivity contribution is 0.202. The van der Waals surface area contributed by atoms with Crippen LogP contribution < -0.4 is 15.6 Å². The molecule has 0 unspecified atom stereocenters. The van der Waals surface area contributed by atoms with Crippen LogP contribution in [-0.2, 0) is 11.2 Å². The second-order valence-corrected chi connectivity index (χ2v) is 6.06. The van der Waals surface area contributed by atoms with Gasteiger partial charge < -0.3 is 9.47 Å². The molecule has 8 nitrogen and oxygen atoms in total. The topological polar surface area (TPSA) is 102 Å².